The Labute approximate surface area is 102 Å². The van der Waals surface area contributed by atoms with Crippen molar-refractivity contribution in [3.63, 3.8) is 0 Å². The van der Waals surface area contributed by atoms with Crippen LogP contribution in [-0.4, -0.2) is 6.54 Å². The molecule has 2 nitrogen and oxygen atoms in total. The molecule has 2 heteroatoms. The first-order valence-electron chi connectivity index (χ1n) is 6.13. The van der Waals surface area contributed by atoms with Crippen LogP contribution in [0.2, 0.25) is 0 Å². The Kier molecular flexibility index (Phi) is 2.43. The molecule has 3 rings (SSSR count). The SMILES string of the molecule is Cc1cc(CN2CCc3ccccc32)oc1C. The summed E-state index contributed by atoms with van der Waals surface area (Å²) in [5.41, 5.74) is 4.05. The Morgan fingerprint density at radius 2 is 2.06 bits per heavy atom. The molecule has 0 bridgehead atoms. The topological polar surface area (TPSA) is 16.4 Å². The maximum atomic E-state index is 5.75. The quantitative estimate of drug-likeness (QED) is 0.781. The van der Waals surface area contributed by atoms with E-state index in [1.165, 1.54) is 16.8 Å². The molecule has 0 unspecified atom stereocenters. The Bertz CT molecular complexity index is 522. The summed E-state index contributed by atoms with van der Waals surface area (Å²) in [4.78, 5) is 2.40. The van der Waals surface area contributed by atoms with Gasteiger partial charge in [-0.3, -0.25) is 0 Å². The standard InChI is InChI=1S/C15H17NO/c1-11-9-14(17-12(11)2)10-16-8-7-13-5-3-4-6-15(13)16/h3-6,9H,7-8,10H2,1-2H3. The molecule has 17 heavy (non-hydrogen) atoms. The first-order valence-corrected chi connectivity index (χ1v) is 6.13. The second kappa shape index (κ2) is 3.95. The van der Waals surface area contributed by atoms with Gasteiger partial charge >= 0.3 is 0 Å². The molecule has 0 N–H and O–H groups in total. The molecule has 1 aromatic heterocycles. The van der Waals surface area contributed by atoms with Crippen LogP contribution in [0.25, 0.3) is 0 Å². The van der Waals surface area contributed by atoms with Crippen LogP contribution in [0.4, 0.5) is 5.69 Å². The monoisotopic (exact) mass is 227 g/mol. The average Bonchev–Trinajstić information content (AvgIpc) is 2.85. The summed E-state index contributed by atoms with van der Waals surface area (Å²) in [5.74, 6) is 2.10. The molecule has 0 spiro atoms. The van der Waals surface area contributed by atoms with Gasteiger partial charge in [0.05, 0.1) is 6.54 Å². The molecule has 88 valence electrons. The van der Waals surface area contributed by atoms with E-state index in [9.17, 15) is 0 Å². The van der Waals surface area contributed by atoms with Crippen LogP contribution in [0.3, 0.4) is 0 Å². The molecule has 2 aromatic rings. The summed E-state index contributed by atoms with van der Waals surface area (Å²) in [7, 11) is 0. The van der Waals surface area contributed by atoms with E-state index in [1.807, 2.05) is 6.92 Å². The lowest BCUT2D eigenvalue weighted by Crippen LogP contribution is -2.19. The van der Waals surface area contributed by atoms with Gasteiger partial charge in [0.25, 0.3) is 0 Å². The van der Waals surface area contributed by atoms with Gasteiger partial charge in [-0.15, -0.1) is 0 Å². The van der Waals surface area contributed by atoms with Crippen LogP contribution in [0.5, 0.6) is 0 Å². The van der Waals surface area contributed by atoms with E-state index in [2.05, 4.69) is 42.2 Å². The van der Waals surface area contributed by atoms with Crippen LogP contribution < -0.4 is 4.90 Å². The minimum atomic E-state index is 0.881. The highest BCUT2D eigenvalue weighted by Crippen LogP contribution is 2.29. The third kappa shape index (κ3) is 1.84. The van der Waals surface area contributed by atoms with Crippen molar-refractivity contribution in [2.75, 3.05) is 11.4 Å². The first kappa shape index (κ1) is 10.5. The zero-order valence-electron chi connectivity index (χ0n) is 10.4. The van der Waals surface area contributed by atoms with Gasteiger partial charge in [-0.05, 0) is 43.5 Å². The van der Waals surface area contributed by atoms with E-state index in [0.717, 1.165) is 31.0 Å². The second-order valence-electron chi connectivity index (χ2n) is 4.75. The highest BCUT2D eigenvalue weighted by Gasteiger charge is 2.19. The maximum Gasteiger partial charge on any atom is 0.123 e. The molecule has 2 heterocycles. The maximum absolute atomic E-state index is 5.75. The normalized spacial score (nSPS) is 14.1. The van der Waals surface area contributed by atoms with Crippen molar-refractivity contribution in [1.29, 1.82) is 0 Å². The molecular weight excluding hydrogens is 210 g/mol. The third-order valence-corrected chi connectivity index (χ3v) is 3.55. The Morgan fingerprint density at radius 1 is 1.24 bits per heavy atom. The molecule has 0 radical (unpaired) electrons. The summed E-state index contributed by atoms with van der Waals surface area (Å²) in [5, 5.41) is 0. The fraction of sp³-hybridized carbons (Fsp3) is 0.333. The van der Waals surface area contributed by atoms with Crippen molar-refractivity contribution in [1.82, 2.24) is 0 Å². The number of nitrogens with zero attached hydrogens (tertiary/aromatic N) is 1. The summed E-state index contributed by atoms with van der Waals surface area (Å²) < 4.78 is 5.75. The summed E-state index contributed by atoms with van der Waals surface area (Å²) in [6.07, 6.45) is 1.15. The number of hydrogen-bond donors (Lipinski definition) is 0. The number of para-hydroxylation sites is 1. The lowest BCUT2D eigenvalue weighted by atomic mass is 10.2. The van der Waals surface area contributed by atoms with Gasteiger partial charge in [0.15, 0.2) is 0 Å². The zero-order chi connectivity index (χ0) is 11.8. The number of furan rings is 1. The van der Waals surface area contributed by atoms with Crippen molar-refractivity contribution >= 4 is 5.69 Å². The number of rotatable bonds is 2. The number of hydrogen-bond acceptors (Lipinski definition) is 2. The van der Waals surface area contributed by atoms with Crippen LogP contribution in [0.15, 0.2) is 34.7 Å². The van der Waals surface area contributed by atoms with Gasteiger partial charge in [-0.1, -0.05) is 18.2 Å². The number of aryl methyl sites for hydroxylation is 2. The summed E-state index contributed by atoms with van der Waals surface area (Å²) >= 11 is 0. The first-order chi connectivity index (χ1) is 8.24. The molecule has 0 fully saturated rings. The van der Waals surface area contributed by atoms with Gasteiger partial charge in [0, 0.05) is 12.2 Å². The van der Waals surface area contributed by atoms with Crippen molar-refractivity contribution in [3.8, 4) is 0 Å². The van der Waals surface area contributed by atoms with Gasteiger partial charge in [-0.25, -0.2) is 0 Å². The van der Waals surface area contributed by atoms with Crippen LogP contribution in [-0.2, 0) is 13.0 Å². The van der Waals surface area contributed by atoms with E-state index in [4.69, 9.17) is 4.42 Å². The zero-order valence-corrected chi connectivity index (χ0v) is 10.4. The third-order valence-electron chi connectivity index (χ3n) is 3.55. The van der Waals surface area contributed by atoms with Crippen LogP contribution in [0, 0.1) is 13.8 Å². The molecular formula is C15H17NO. The van der Waals surface area contributed by atoms with E-state index < -0.39 is 0 Å². The lowest BCUT2D eigenvalue weighted by Gasteiger charge is -2.17. The van der Waals surface area contributed by atoms with Crippen LogP contribution in [0.1, 0.15) is 22.6 Å². The van der Waals surface area contributed by atoms with Crippen molar-refractivity contribution < 1.29 is 4.42 Å². The largest absolute Gasteiger partial charge is 0.464 e. The van der Waals surface area contributed by atoms with E-state index in [0.29, 0.717) is 0 Å². The number of anilines is 1. The summed E-state index contributed by atoms with van der Waals surface area (Å²) in [6, 6.07) is 10.8. The highest BCUT2D eigenvalue weighted by atomic mass is 16.3. The van der Waals surface area contributed by atoms with Crippen molar-refractivity contribution in [3.05, 3.63) is 53.0 Å². The van der Waals surface area contributed by atoms with Crippen molar-refractivity contribution in [2.24, 2.45) is 0 Å². The molecule has 0 amide bonds. The van der Waals surface area contributed by atoms with Crippen LogP contribution >= 0.6 is 0 Å². The number of benzene rings is 1. The van der Waals surface area contributed by atoms with E-state index in [-0.39, 0.29) is 0 Å². The molecule has 0 saturated carbocycles. The average molecular weight is 227 g/mol. The summed E-state index contributed by atoms with van der Waals surface area (Å²) in [6.45, 7) is 6.10. The molecule has 1 aromatic carbocycles. The Morgan fingerprint density at radius 3 is 2.82 bits per heavy atom. The Hall–Kier alpha value is -1.70. The predicted molar refractivity (Wildman–Crippen MR) is 69.4 cm³/mol. The Balaban J connectivity index is 1.84. The second-order valence-corrected chi connectivity index (χ2v) is 4.75. The minimum Gasteiger partial charge on any atom is -0.464 e. The molecule has 0 saturated heterocycles. The predicted octanol–water partition coefficient (Wildman–Crippen LogP) is 3.46. The van der Waals surface area contributed by atoms with Gasteiger partial charge in [0.2, 0.25) is 0 Å². The van der Waals surface area contributed by atoms with E-state index in [1.54, 1.807) is 0 Å². The minimum absolute atomic E-state index is 0.881. The van der Waals surface area contributed by atoms with E-state index >= 15 is 0 Å². The smallest absolute Gasteiger partial charge is 0.123 e. The molecule has 0 aliphatic carbocycles. The van der Waals surface area contributed by atoms with Gasteiger partial charge in [-0.2, -0.15) is 0 Å². The lowest BCUT2D eigenvalue weighted by molar-refractivity contribution is 0.478. The highest BCUT2D eigenvalue weighted by molar-refractivity contribution is 5.57. The van der Waals surface area contributed by atoms with Gasteiger partial charge < -0.3 is 9.32 Å². The van der Waals surface area contributed by atoms with Crippen molar-refractivity contribution in [2.45, 2.75) is 26.8 Å². The molecule has 0 atom stereocenters. The number of fused-ring (bicyclic) bond motifs is 1. The molecule has 1 aliphatic heterocycles. The van der Waals surface area contributed by atoms with Gasteiger partial charge in [0.1, 0.15) is 11.5 Å². The fourth-order valence-electron chi connectivity index (χ4n) is 2.49. The fourth-order valence-corrected chi connectivity index (χ4v) is 2.49. The molecule has 1 aliphatic rings.